The zero-order valence-electron chi connectivity index (χ0n) is 14.2. The number of hydrogen-bond acceptors (Lipinski definition) is 5. The number of amides is 1. The Balaban J connectivity index is 1.73. The summed E-state index contributed by atoms with van der Waals surface area (Å²) in [4.78, 5) is 23.5. The number of rotatable bonds is 4. The van der Waals surface area contributed by atoms with Crippen LogP contribution in [-0.2, 0) is 4.79 Å². The third kappa shape index (κ3) is 3.32. The van der Waals surface area contributed by atoms with Crippen LogP contribution in [0.2, 0.25) is 0 Å². The zero-order chi connectivity index (χ0) is 17.1. The van der Waals surface area contributed by atoms with Gasteiger partial charge in [-0.05, 0) is 36.6 Å². The second-order valence-corrected chi connectivity index (χ2v) is 6.24. The van der Waals surface area contributed by atoms with E-state index in [4.69, 9.17) is 4.74 Å². The van der Waals surface area contributed by atoms with Crippen molar-refractivity contribution in [2.45, 2.75) is 13.8 Å². The van der Waals surface area contributed by atoms with Crippen LogP contribution in [0.25, 0.3) is 0 Å². The van der Waals surface area contributed by atoms with Gasteiger partial charge in [-0.25, -0.2) is 9.97 Å². The van der Waals surface area contributed by atoms with E-state index in [0.717, 1.165) is 17.9 Å². The van der Waals surface area contributed by atoms with Crippen LogP contribution in [0.5, 0.6) is 5.88 Å². The van der Waals surface area contributed by atoms with Crippen molar-refractivity contribution in [2.75, 3.05) is 30.4 Å². The number of aromatic nitrogens is 2. The molecule has 6 heteroatoms. The topological polar surface area (TPSA) is 67.3 Å². The van der Waals surface area contributed by atoms with Gasteiger partial charge in [0.25, 0.3) is 0 Å². The summed E-state index contributed by atoms with van der Waals surface area (Å²) in [5.74, 6) is 1.48. The lowest BCUT2D eigenvalue weighted by molar-refractivity contribution is -0.120. The second kappa shape index (κ2) is 6.86. The van der Waals surface area contributed by atoms with Gasteiger partial charge in [0.05, 0.1) is 13.0 Å². The van der Waals surface area contributed by atoms with Crippen LogP contribution in [0.3, 0.4) is 0 Å². The highest BCUT2D eigenvalue weighted by Crippen LogP contribution is 2.29. The average Bonchev–Trinajstić information content (AvgIpc) is 2.98. The second-order valence-electron chi connectivity index (χ2n) is 6.24. The Morgan fingerprint density at radius 2 is 2.17 bits per heavy atom. The third-order valence-electron chi connectivity index (χ3n) is 4.36. The van der Waals surface area contributed by atoms with Gasteiger partial charge in [-0.15, -0.1) is 0 Å². The Hall–Kier alpha value is -2.63. The molecule has 0 saturated carbocycles. The van der Waals surface area contributed by atoms with Crippen molar-refractivity contribution >= 4 is 17.4 Å². The number of hydrogen-bond donors (Lipinski definition) is 1. The maximum Gasteiger partial charge on any atom is 0.237 e. The molecular formula is C18H22N4O2. The van der Waals surface area contributed by atoms with Crippen molar-refractivity contribution in [3.63, 3.8) is 0 Å². The fourth-order valence-corrected chi connectivity index (χ4v) is 3.07. The molecule has 2 aromatic heterocycles. The number of ether oxygens (including phenoxy) is 1. The minimum Gasteiger partial charge on any atom is -0.480 e. The number of pyridine rings is 2. The van der Waals surface area contributed by atoms with Gasteiger partial charge in [-0.1, -0.05) is 13.0 Å². The van der Waals surface area contributed by atoms with Gasteiger partial charge < -0.3 is 15.0 Å². The van der Waals surface area contributed by atoms with Crippen molar-refractivity contribution in [3.05, 3.63) is 42.2 Å². The molecule has 1 N–H and O–H groups in total. The van der Waals surface area contributed by atoms with Crippen LogP contribution >= 0.6 is 0 Å². The fraction of sp³-hybridized carbons (Fsp3) is 0.389. The number of carbonyl (C=O) groups excluding carboxylic acids is 1. The predicted octanol–water partition coefficient (Wildman–Crippen LogP) is 2.50. The van der Waals surface area contributed by atoms with Crippen molar-refractivity contribution in [1.82, 2.24) is 9.97 Å². The van der Waals surface area contributed by atoms with E-state index >= 15 is 0 Å². The largest absolute Gasteiger partial charge is 0.480 e. The third-order valence-corrected chi connectivity index (χ3v) is 4.36. The van der Waals surface area contributed by atoms with Crippen molar-refractivity contribution in [3.8, 4) is 5.88 Å². The molecule has 0 spiro atoms. The van der Waals surface area contributed by atoms with Crippen molar-refractivity contribution < 1.29 is 9.53 Å². The molecule has 1 aliphatic heterocycles. The smallest absolute Gasteiger partial charge is 0.237 e. The molecule has 3 heterocycles. The Morgan fingerprint density at radius 3 is 2.88 bits per heavy atom. The molecule has 126 valence electrons. The quantitative estimate of drug-likeness (QED) is 0.935. The first-order valence-electron chi connectivity index (χ1n) is 8.06. The highest BCUT2D eigenvalue weighted by molar-refractivity contribution is 5.94. The van der Waals surface area contributed by atoms with Crippen LogP contribution in [0, 0.1) is 18.8 Å². The standard InChI is InChI=1S/C18H22N4O2/c1-12-8-15(18(24-3)20-9-12)21-17(23)14-11-22(10-13(14)2)16-6-4-5-7-19-16/h4-9,13-14H,10-11H2,1-3H3,(H,21,23)/t13-,14-/m1/s1. The summed E-state index contributed by atoms with van der Waals surface area (Å²) in [7, 11) is 1.55. The van der Waals surface area contributed by atoms with Gasteiger partial charge in [0.15, 0.2) is 0 Å². The predicted molar refractivity (Wildman–Crippen MR) is 93.3 cm³/mol. The monoisotopic (exact) mass is 326 g/mol. The summed E-state index contributed by atoms with van der Waals surface area (Å²) < 4.78 is 5.23. The normalized spacial score (nSPS) is 20.0. The molecule has 1 saturated heterocycles. The summed E-state index contributed by atoms with van der Waals surface area (Å²) >= 11 is 0. The van der Waals surface area contributed by atoms with E-state index in [-0.39, 0.29) is 17.7 Å². The van der Waals surface area contributed by atoms with E-state index in [1.165, 1.54) is 0 Å². The van der Waals surface area contributed by atoms with Crippen molar-refractivity contribution in [1.29, 1.82) is 0 Å². The molecule has 1 fully saturated rings. The van der Waals surface area contributed by atoms with E-state index in [1.54, 1.807) is 19.5 Å². The lowest BCUT2D eigenvalue weighted by Gasteiger charge is -2.17. The molecule has 1 amide bonds. The van der Waals surface area contributed by atoms with Gasteiger partial charge in [-0.2, -0.15) is 0 Å². The van der Waals surface area contributed by atoms with E-state index < -0.39 is 0 Å². The summed E-state index contributed by atoms with van der Waals surface area (Å²) in [6.45, 7) is 5.51. The number of nitrogens with one attached hydrogen (secondary N) is 1. The summed E-state index contributed by atoms with van der Waals surface area (Å²) in [5.41, 5.74) is 1.59. The van der Waals surface area contributed by atoms with Gasteiger partial charge >= 0.3 is 0 Å². The number of nitrogens with zero attached hydrogens (tertiary/aromatic N) is 3. The highest BCUT2D eigenvalue weighted by atomic mass is 16.5. The Kier molecular flexibility index (Phi) is 4.64. The lowest BCUT2D eigenvalue weighted by Crippen LogP contribution is -2.29. The van der Waals surface area contributed by atoms with Gasteiger partial charge in [0.1, 0.15) is 11.5 Å². The van der Waals surface area contributed by atoms with Crippen LogP contribution in [0.1, 0.15) is 12.5 Å². The van der Waals surface area contributed by atoms with Gasteiger partial charge in [-0.3, -0.25) is 4.79 Å². The summed E-state index contributed by atoms with van der Waals surface area (Å²) in [5, 5.41) is 2.97. The van der Waals surface area contributed by atoms with E-state index in [1.807, 2.05) is 31.2 Å². The highest BCUT2D eigenvalue weighted by Gasteiger charge is 2.35. The molecule has 1 aliphatic rings. The molecule has 24 heavy (non-hydrogen) atoms. The van der Waals surface area contributed by atoms with Gasteiger partial charge in [0.2, 0.25) is 11.8 Å². The molecule has 0 bridgehead atoms. The van der Waals surface area contributed by atoms with Crippen LogP contribution < -0.4 is 15.0 Å². The minimum absolute atomic E-state index is 0.00775. The molecular weight excluding hydrogens is 304 g/mol. The molecule has 3 rings (SSSR count). The summed E-state index contributed by atoms with van der Waals surface area (Å²) in [6.07, 6.45) is 3.49. The Morgan fingerprint density at radius 1 is 1.33 bits per heavy atom. The Labute approximate surface area is 141 Å². The molecule has 0 aromatic carbocycles. The van der Waals surface area contributed by atoms with E-state index in [0.29, 0.717) is 18.1 Å². The maximum atomic E-state index is 12.7. The van der Waals surface area contributed by atoms with Crippen LogP contribution in [-0.4, -0.2) is 36.1 Å². The van der Waals surface area contributed by atoms with Crippen LogP contribution in [0.15, 0.2) is 36.7 Å². The van der Waals surface area contributed by atoms with Crippen molar-refractivity contribution in [2.24, 2.45) is 11.8 Å². The van der Waals surface area contributed by atoms with E-state index in [2.05, 4.69) is 27.1 Å². The lowest BCUT2D eigenvalue weighted by atomic mass is 9.97. The number of aryl methyl sites for hydroxylation is 1. The first-order chi connectivity index (χ1) is 11.6. The number of carbonyl (C=O) groups is 1. The van der Waals surface area contributed by atoms with E-state index in [9.17, 15) is 4.79 Å². The van der Waals surface area contributed by atoms with Crippen LogP contribution in [0.4, 0.5) is 11.5 Å². The molecule has 0 unspecified atom stereocenters. The average molecular weight is 326 g/mol. The number of anilines is 2. The molecule has 0 radical (unpaired) electrons. The Bertz CT molecular complexity index is 720. The zero-order valence-corrected chi connectivity index (χ0v) is 14.2. The molecule has 6 nitrogen and oxygen atoms in total. The molecule has 0 aliphatic carbocycles. The summed E-state index contributed by atoms with van der Waals surface area (Å²) in [6, 6.07) is 7.70. The van der Waals surface area contributed by atoms with Gasteiger partial charge in [0, 0.05) is 25.5 Å². The first-order valence-corrected chi connectivity index (χ1v) is 8.06. The fourth-order valence-electron chi connectivity index (χ4n) is 3.07. The SMILES string of the molecule is COc1ncc(C)cc1NC(=O)[C@@H]1CN(c2ccccn2)C[C@H]1C. The maximum absolute atomic E-state index is 12.7. The number of methoxy groups -OCH3 is 1. The first kappa shape index (κ1) is 16.2. The molecule has 2 aromatic rings. The minimum atomic E-state index is -0.0998. The molecule has 2 atom stereocenters.